The first-order chi connectivity index (χ1) is 15.2. The molecule has 0 N–H and O–H groups in total. The smallest absolute Gasteiger partial charge is 0.138 e. The zero-order valence-electron chi connectivity index (χ0n) is 22.6. The van der Waals surface area contributed by atoms with E-state index in [1.54, 1.807) is 0 Å². The van der Waals surface area contributed by atoms with E-state index in [0.717, 1.165) is 31.1 Å². The topological polar surface area (TPSA) is 42.1 Å². The molecule has 0 bridgehead atoms. The van der Waals surface area contributed by atoms with Crippen LogP contribution >= 0.6 is 0 Å². The largest absolute Gasteiger partial charge is 0.367 e. The molecule has 3 nitrogen and oxygen atoms in total. The highest BCUT2D eigenvalue weighted by Gasteiger charge is 2.90. The zero-order chi connectivity index (χ0) is 23.9. The van der Waals surface area contributed by atoms with Crippen LogP contribution in [0.2, 0.25) is 0 Å². The summed E-state index contributed by atoms with van der Waals surface area (Å²) in [5.41, 5.74) is 0.729. The quantitative estimate of drug-likeness (QED) is 0.423. The standard InChI is InChI=1S/C30H48O3/c1-19(9-10-23-25(4,5)32-23)20-11-15-28(8)26(20,6)17-18-29-27(7)14-13-22(31)24(2,3)21(27)12-16-30(28,29)33-29/h19-21,23H,9-18H2,1-8H3/t19?,20?,21-,23?,26+,27-,28+,29+,30?/m0/s1. The van der Waals surface area contributed by atoms with Crippen molar-refractivity contribution in [3.8, 4) is 0 Å². The third kappa shape index (κ3) is 2.43. The Morgan fingerprint density at radius 3 is 2.24 bits per heavy atom. The van der Waals surface area contributed by atoms with Crippen LogP contribution in [0.1, 0.15) is 120 Å². The first kappa shape index (κ1) is 23.0. The molecule has 2 saturated heterocycles. The number of fused-ring (bicyclic) bond motifs is 2. The van der Waals surface area contributed by atoms with Crippen molar-refractivity contribution in [1.82, 2.24) is 0 Å². The molecular formula is C30H48O3. The fourth-order valence-corrected chi connectivity index (χ4v) is 11.1. The van der Waals surface area contributed by atoms with E-state index in [-0.39, 0.29) is 33.0 Å². The van der Waals surface area contributed by atoms with E-state index in [1.165, 1.54) is 44.9 Å². The van der Waals surface area contributed by atoms with Gasteiger partial charge in [0.25, 0.3) is 0 Å². The van der Waals surface area contributed by atoms with Crippen LogP contribution in [0.25, 0.3) is 0 Å². The molecule has 6 rings (SSSR count). The molecule has 0 aromatic carbocycles. The van der Waals surface area contributed by atoms with E-state index in [4.69, 9.17) is 9.47 Å². The first-order valence-electron chi connectivity index (χ1n) is 14.1. The van der Waals surface area contributed by atoms with Crippen molar-refractivity contribution in [2.45, 2.75) is 143 Å². The number of ether oxygens (including phenoxy) is 2. The molecule has 0 aromatic rings. The fraction of sp³-hybridized carbons (Fsp3) is 0.967. The molecule has 4 aliphatic carbocycles. The van der Waals surface area contributed by atoms with Crippen LogP contribution < -0.4 is 0 Å². The number of epoxide rings is 2. The van der Waals surface area contributed by atoms with Crippen LogP contribution in [0.5, 0.6) is 0 Å². The van der Waals surface area contributed by atoms with Gasteiger partial charge >= 0.3 is 0 Å². The summed E-state index contributed by atoms with van der Waals surface area (Å²) in [6.45, 7) is 19.2. The number of carbonyl (C=O) groups excluding carboxylic acids is 1. The van der Waals surface area contributed by atoms with Crippen LogP contribution in [-0.4, -0.2) is 28.7 Å². The Labute approximate surface area is 202 Å². The van der Waals surface area contributed by atoms with Crippen LogP contribution in [0.15, 0.2) is 0 Å². The SMILES string of the molecule is CC(CCC1OC1(C)C)C1CC[C@@]2(C)C34CC[C@H]5C(C)(C)C(=O)CC[C@]5(C)[C@@]3(CC[C@]12C)O4. The van der Waals surface area contributed by atoms with Crippen LogP contribution in [0, 0.1) is 39.4 Å². The van der Waals surface area contributed by atoms with Gasteiger partial charge in [0.15, 0.2) is 0 Å². The highest BCUT2D eigenvalue weighted by Crippen LogP contribution is 2.86. The van der Waals surface area contributed by atoms with Crippen molar-refractivity contribution in [2.24, 2.45) is 39.4 Å². The zero-order valence-corrected chi connectivity index (χ0v) is 22.6. The summed E-state index contributed by atoms with van der Waals surface area (Å²) in [6.07, 6.45) is 12.3. The Morgan fingerprint density at radius 2 is 1.58 bits per heavy atom. The van der Waals surface area contributed by atoms with Crippen molar-refractivity contribution in [2.75, 3.05) is 0 Å². The number of hydrogen-bond acceptors (Lipinski definition) is 3. The van der Waals surface area contributed by atoms with Crippen molar-refractivity contribution in [3.63, 3.8) is 0 Å². The summed E-state index contributed by atoms with van der Waals surface area (Å²) in [7, 11) is 0. The van der Waals surface area contributed by atoms with E-state index in [0.29, 0.717) is 23.2 Å². The van der Waals surface area contributed by atoms with Gasteiger partial charge in [0.1, 0.15) is 17.0 Å². The average molecular weight is 457 g/mol. The molecular weight excluding hydrogens is 408 g/mol. The lowest BCUT2D eigenvalue weighted by Gasteiger charge is -2.62. The maximum Gasteiger partial charge on any atom is 0.138 e. The molecule has 2 aliphatic heterocycles. The van der Waals surface area contributed by atoms with Gasteiger partial charge in [0.05, 0.1) is 11.7 Å². The second-order valence-corrected chi connectivity index (χ2v) is 15.1. The molecule has 33 heavy (non-hydrogen) atoms. The van der Waals surface area contributed by atoms with Crippen molar-refractivity contribution in [1.29, 1.82) is 0 Å². The van der Waals surface area contributed by atoms with Gasteiger partial charge in [0.2, 0.25) is 0 Å². The molecule has 0 radical (unpaired) electrons. The second kappa shape index (κ2) is 6.28. The molecule has 0 spiro atoms. The van der Waals surface area contributed by atoms with Crippen LogP contribution in [0.3, 0.4) is 0 Å². The third-order valence-corrected chi connectivity index (χ3v) is 13.6. The van der Waals surface area contributed by atoms with Gasteiger partial charge in [-0.1, -0.05) is 41.5 Å². The monoisotopic (exact) mass is 456 g/mol. The maximum atomic E-state index is 12.9. The Bertz CT molecular complexity index is 891. The van der Waals surface area contributed by atoms with Gasteiger partial charge < -0.3 is 9.47 Å². The lowest BCUT2D eigenvalue weighted by atomic mass is 9.38. The maximum absolute atomic E-state index is 12.9. The minimum Gasteiger partial charge on any atom is -0.367 e. The van der Waals surface area contributed by atoms with E-state index in [1.807, 2.05) is 0 Å². The van der Waals surface area contributed by atoms with Gasteiger partial charge in [-0.3, -0.25) is 4.79 Å². The predicted molar refractivity (Wildman–Crippen MR) is 131 cm³/mol. The number of hydrogen-bond donors (Lipinski definition) is 0. The normalized spacial score (nSPS) is 56.2. The summed E-state index contributed by atoms with van der Waals surface area (Å²) in [6, 6.07) is 0. The molecule has 6 aliphatic rings. The molecule has 186 valence electrons. The van der Waals surface area contributed by atoms with Crippen molar-refractivity contribution < 1.29 is 14.3 Å². The second-order valence-electron chi connectivity index (χ2n) is 15.1. The number of rotatable bonds is 4. The Balaban J connectivity index is 1.28. The van der Waals surface area contributed by atoms with Crippen LogP contribution in [0.4, 0.5) is 0 Å². The minimum absolute atomic E-state index is 0.0130. The number of carbonyl (C=O) groups is 1. The van der Waals surface area contributed by atoms with Gasteiger partial charge in [-0.05, 0) is 94.8 Å². The lowest BCUT2D eigenvalue weighted by Crippen LogP contribution is -2.65. The van der Waals surface area contributed by atoms with Gasteiger partial charge in [0, 0.05) is 22.7 Å². The van der Waals surface area contributed by atoms with E-state index in [2.05, 4.69) is 55.4 Å². The number of Topliss-reactive ketones (excluding diaryl/α,β-unsaturated/α-hetero) is 1. The molecule has 9 atom stereocenters. The van der Waals surface area contributed by atoms with E-state index < -0.39 is 0 Å². The summed E-state index contributed by atoms with van der Waals surface area (Å²) in [4.78, 5) is 12.9. The van der Waals surface area contributed by atoms with Gasteiger partial charge in [-0.15, -0.1) is 0 Å². The molecule has 3 heteroatoms. The van der Waals surface area contributed by atoms with Gasteiger partial charge in [-0.25, -0.2) is 0 Å². The summed E-state index contributed by atoms with van der Waals surface area (Å²) in [5, 5.41) is 0. The lowest BCUT2D eigenvalue weighted by molar-refractivity contribution is -0.154. The third-order valence-electron chi connectivity index (χ3n) is 13.6. The molecule has 0 amide bonds. The minimum atomic E-state index is -0.201. The number of ketones is 1. The molecule has 4 unspecified atom stereocenters. The highest BCUT2D eigenvalue weighted by atomic mass is 16.6. The highest BCUT2D eigenvalue weighted by molar-refractivity contribution is 5.85. The van der Waals surface area contributed by atoms with E-state index in [9.17, 15) is 4.79 Å². The van der Waals surface area contributed by atoms with Crippen molar-refractivity contribution in [3.05, 3.63) is 0 Å². The Morgan fingerprint density at radius 1 is 0.879 bits per heavy atom. The Hall–Kier alpha value is -0.410. The van der Waals surface area contributed by atoms with Gasteiger partial charge in [-0.2, -0.15) is 0 Å². The molecule has 0 aromatic heterocycles. The molecule has 4 saturated carbocycles. The summed E-state index contributed by atoms with van der Waals surface area (Å²) < 4.78 is 13.1. The van der Waals surface area contributed by atoms with E-state index >= 15 is 0 Å². The van der Waals surface area contributed by atoms with Crippen molar-refractivity contribution >= 4 is 5.78 Å². The Kier molecular flexibility index (Phi) is 4.38. The summed E-state index contributed by atoms with van der Waals surface area (Å²) >= 11 is 0. The molecule has 6 fully saturated rings. The fourth-order valence-electron chi connectivity index (χ4n) is 11.1. The summed E-state index contributed by atoms with van der Waals surface area (Å²) in [5.74, 6) is 2.49. The molecule has 2 heterocycles. The predicted octanol–water partition coefficient (Wildman–Crippen LogP) is 7.11. The first-order valence-corrected chi connectivity index (χ1v) is 14.1. The van der Waals surface area contributed by atoms with Crippen LogP contribution in [-0.2, 0) is 14.3 Å². The average Bonchev–Trinajstić information content (AvgIpc) is 3.57.